The smallest absolute Gasteiger partial charge is 0.278 e. The summed E-state index contributed by atoms with van der Waals surface area (Å²) in [4.78, 5) is 14.4. The average Bonchev–Trinajstić information content (AvgIpc) is 2.51. The topological polar surface area (TPSA) is 51.3 Å². The SMILES string of the molecule is CN1CCC(c2ccc(-n3cccc(N)c3=O)cc2)CC1. The summed E-state index contributed by atoms with van der Waals surface area (Å²) in [5, 5.41) is 0. The second kappa shape index (κ2) is 5.74. The zero-order valence-electron chi connectivity index (χ0n) is 12.3. The summed E-state index contributed by atoms with van der Waals surface area (Å²) < 4.78 is 1.59. The third-order valence-corrected chi connectivity index (χ3v) is 4.34. The van der Waals surface area contributed by atoms with Crippen LogP contribution in [0.15, 0.2) is 47.4 Å². The van der Waals surface area contributed by atoms with Gasteiger partial charge in [-0.3, -0.25) is 9.36 Å². The van der Waals surface area contributed by atoms with Crippen LogP contribution >= 0.6 is 0 Å². The van der Waals surface area contributed by atoms with E-state index in [2.05, 4.69) is 24.1 Å². The fourth-order valence-corrected chi connectivity index (χ4v) is 2.96. The molecule has 1 aromatic carbocycles. The summed E-state index contributed by atoms with van der Waals surface area (Å²) in [7, 11) is 2.17. The summed E-state index contributed by atoms with van der Waals surface area (Å²) >= 11 is 0. The zero-order chi connectivity index (χ0) is 14.8. The van der Waals surface area contributed by atoms with Crippen molar-refractivity contribution in [3.05, 3.63) is 58.5 Å². The second-order valence-corrected chi connectivity index (χ2v) is 5.81. The first-order chi connectivity index (χ1) is 10.1. The van der Waals surface area contributed by atoms with E-state index >= 15 is 0 Å². The standard InChI is InChI=1S/C17H21N3O/c1-19-11-8-14(9-12-19)13-4-6-15(7-5-13)20-10-2-3-16(18)17(20)21/h2-7,10,14H,8-9,11-12,18H2,1H3. The first-order valence-corrected chi connectivity index (χ1v) is 7.41. The number of aromatic nitrogens is 1. The highest BCUT2D eigenvalue weighted by atomic mass is 16.1. The number of hydrogen-bond donors (Lipinski definition) is 1. The van der Waals surface area contributed by atoms with E-state index in [0.717, 1.165) is 18.8 Å². The van der Waals surface area contributed by atoms with Gasteiger partial charge in [0.25, 0.3) is 5.56 Å². The lowest BCUT2D eigenvalue weighted by molar-refractivity contribution is 0.255. The van der Waals surface area contributed by atoms with Gasteiger partial charge in [-0.15, -0.1) is 0 Å². The minimum Gasteiger partial charge on any atom is -0.394 e. The maximum atomic E-state index is 12.0. The molecule has 4 heteroatoms. The Labute approximate surface area is 124 Å². The van der Waals surface area contributed by atoms with Crippen molar-refractivity contribution in [3.8, 4) is 5.69 Å². The second-order valence-electron chi connectivity index (χ2n) is 5.81. The molecule has 1 saturated heterocycles. The Morgan fingerprint density at radius 3 is 2.43 bits per heavy atom. The molecule has 0 atom stereocenters. The number of nitrogens with two attached hydrogens (primary N) is 1. The summed E-state index contributed by atoms with van der Waals surface area (Å²) in [5.41, 5.74) is 8.02. The van der Waals surface area contributed by atoms with E-state index in [1.165, 1.54) is 18.4 Å². The fourth-order valence-electron chi connectivity index (χ4n) is 2.96. The average molecular weight is 283 g/mol. The minimum atomic E-state index is -0.162. The van der Waals surface area contributed by atoms with Gasteiger partial charge in [0.15, 0.2) is 0 Å². The van der Waals surface area contributed by atoms with E-state index < -0.39 is 0 Å². The molecule has 0 bridgehead atoms. The Kier molecular flexibility index (Phi) is 3.80. The largest absolute Gasteiger partial charge is 0.394 e. The van der Waals surface area contributed by atoms with Crippen LogP contribution in [-0.2, 0) is 0 Å². The van der Waals surface area contributed by atoms with E-state index in [1.807, 2.05) is 12.1 Å². The summed E-state index contributed by atoms with van der Waals surface area (Å²) in [6, 6.07) is 11.7. The molecule has 1 aliphatic heterocycles. The molecular weight excluding hydrogens is 262 g/mol. The lowest BCUT2D eigenvalue weighted by atomic mass is 9.89. The lowest BCUT2D eigenvalue weighted by Crippen LogP contribution is -2.29. The number of likely N-dealkylation sites (tertiary alicyclic amines) is 1. The molecule has 0 aliphatic carbocycles. The highest BCUT2D eigenvalue weighted by Gasteiger charge is 2.18. The molecule has 2 heterocycles. The predicted molar refractivity (Wildman–Crippen MR) is 85.9 cm³/mol. The number of rotatable bonds is 2. The van der Waals surface area contributed by atoms with E-state index in [-0.39, 0.29) is 11.2 Å². The molecule has 1 fully saturated rings. The summed E-state index contributed by atoms with van der Waals surface area (Å²) in [6.45, 7) is 2.31. The molecule has 0 radical (unpaired) electrons. The number of benzene rings is 1. The van der Waals surface area contributed by atoms with Gasteiger partial charge in [0.1, 0.15) is 0 Å². The molecule has 4 nitrogen and oxygen atoms in total. The lowest BCUT2D eigenvalue weighted by Gasteiger charge is -2.29. The van der Waals surface area contributed by atoms with Crippen molar-refractivity contribution in [2.75, 3.05) is 25.9 Å². The predicted octanol–water partition coefficient (Wildman–Crippen LogP) is 2.23. The van der Waals surface area contributed by atoms with Crippen LogP contribution in [0.3, 0.4) is 0 Å². The molecule has 3 rings (SSSR count). The van der Waals surface area contributed by atoms with Gasteiger partial charge < -0.3 is 10.6 Å². The Morgan fingerprint density at radius 1 is 1.10 bits per heavy atom. The van der Waals surface area contributed by atoms with Crippen molar-refractivity contribution in [3.63, 3.8) is 0 Å². The molecule has 1 aromatic heterocycles. The highest BCUT2D eigenvalue weighted by Crippen LogP contribution is 2.27. The highest BCUT2D eigenvalue weighted by molar-refractivity contribution is 5.41. The van der Waals surface area contributed by atoms with Crippen LogP contribution in [0, 0.1) is 0 Å². The quantitative estimate of drug-likeness (QED) is 0.919. The summed E-state index contributed by atoms with van der Waals surface area (Å²) in [6.07, 6.45) is 4.16. The maximum Gasteiger partial charge on any atom is 0.278 e. The molecule has 0 spiro atoms. The van der Waals surface area contributed by atoms with Crippen molar-refractivity contribution in [2.24, 2.45) is 0 Å². The molecule has 1 aliphatic rings. The van der Waals surface area contributed by atoms with E-state index in [4.69, 9.17) is 5.73 Å². The van der Waals surface area contributed by atoms with E-state index in [9.17, 15) is 4.79 Å². The third kappa shape index (κ3) is 2.85. The zero-order valence-corrected chi connectivity index (χ0v) is 12.3. The van der Waals surface area contributed by atoms with Crippen LogP contribution in [0.25, 0.3) is 5.69 Å². The van der Waals surface area contributed by atoms with Crippen LogP contribution in [0.1, 0.15) is 24.3 Å². The fraction of sp³-hybridized carbons (Fsp3) is 0.353. The molecule has 110 valence electrons. The van der Waals surface area contributed by atoms with Gasteiger partial charge in [0, 0.05) is 11.9 Å². The van der Waals surface area contributed by atoms with Gasteiger partial charge >= 0.3 is 0 Å². The molecule has 0 amide bonds. The van der Waals surface area contributed by atoms with Gasteiger partial charge in [-0.25, -0.2) is 0 Å². The molecular formula is C17H21N3O. The Morgan fingerprint density at radius 2 is 1.76 bits per heavy atom. The van der Waals surface area contributed by atoms with Gasteiger partial charge in [0.05, 0.1) is 5.69 Å². The van der Waals surface area contributed by atoms with Crippen molar-refractivity contribution >= 4 is 5.69 Å². The van der Waals surface area contributed by atoms with Crippen molar-refractivity contribution in [1.29, 1.82) is 0 Å². The third-order valence-electron chi connectivity index (χ3n) is 4.34. The maximum absolute atomic E-state index is 12.0. The first-order valence-electron chi connectivity index (χ1n) is 7.41. The number of nitrogen functional groups attached to an aromatic ring is 1. The number of pyridine rings is 1. The molecule has 0 unspecified atom stereocenters. The monoisotopic (exact) mass is 283 g/mol. The number of anilines is 1. The van der Waals surface area contributed by atoms with Gasteiger partial charge in [0.2, 0.25) is 0 Å². The minimum absolute atomic E-state index is 0.162. The van der Waals surface area contributed by atoms with Crippen molar-refractivity contribution in [1.82, 2.24) is 9.47 Å². The van der Waals surface area contributed by atoms with Crippen LogP contribution in [0.4, 0.5) is 5.69 Å². The van der Waals surface area contributed by atoms with Gasteiger partial charge in [-0.05, 0) is 68.7 Å². The molecule has 2 aromatic rings. The summed E-state index contributed by atoms with van der Waals surface area (Å²) in [5.74, 6) is 0.632. The normalized spacial score (nSPS) is 17.0. The van der Waals surface area contributed by atoms with Gasteiger partial charge in [-0.2, -0.15) is 0 Å². The van der Waals surface area contributed by atoms with E-state index in [1.54, 1.807) is 22.9 Å². The molecule has 2 N–H and O–H groups in total. The van der Waals surface area contributed by atoms with Crippen LogP contribution in [-0.4, -0.2) is 29.6 Å². The van der Waals surface area contributed by atoms with Crippen molar-refractivity contribution in [2.45, 2.75) is 18.8 Å². The Balaban J connectivity index is 1.84. The number of nitrogens with zero attached hydrogens (tertiary/aromatic N) is 2. The van der Waals surface area contributed by atoms with Crippen LogP contribution in [0.2, 0.25) is 0 Å². The van der Waals surface area contributed by atoms with E-state index in [0.29, 0.717) is 5.92 Å². The molecule has 0 saturated carbocycles. The first kappa shape index (κ1) is 13.9. The Bertz CT molecular complexity index is 667. The molecule has 21 heavy (non-hydrogen) atoms. The number of hydrogen-bond acceptors (Lipinski definition) is 3. The van der Waals surface area contributed by atoms with Gasteiger partial charge in [-0.1, -0.05) is 12.1 Å². The number of piperidine rings is 1. The Hall–Kier alpha value is -2.07. The van der Waals surface area contributed by atoms with Crippen LogP contribution < -0.4 is 11.3 Å². The van der Waals surface area contributed by atoms with Crippen LogP contribution in [0.5, 0.6) is 0 Å². The van der Waals surface area contributed by atoms with Crippen molar-refractivity contribution < 1.29 is 0 Å².